The standard InChI is InChI=1S/C15H16F2N4O/c1-9-6-13(18)21(20-9)8-14(22)19-15(4-5-15)11-7-10(16)2-3-12(11)17/h2-3,6-7H,4-5,8,18H2,1H3,(H,19,22). The first-order valence-corrected chi connectivity index (χ1v) is 6.96. The fraction of sp³-hybridized carbons (Fsp3) is 0.333. The topological polar surface area (TPSA) is 72.9 Å². The number of carbonyl (C=O) groups is 1. The average molecular weight is 306 g/mol. The predicted octanol–water partition coefficient (Wildman–Crippen LogP) is 1.86. The minimum atomic E-state index is -0.819. The molecule has 1 aromatic carbocycles. The molecule has 1 fully saturated rings. The van der Waals surface area contributed by atoms with Gasteiger partial charge in [-0.15, -0.1) is 0 Å². The summed E-state index contributed by atoms with van der Waals surface area (Å²) in [7, 11) is 0. The lowest BCUT2D eigenvalue weighted by Crippen LogP contribution is -2.38. The zero-order chi connectivity index (χ0) is 15.9. The van der Waals surface area contributed by atoms with Crippen molar-refractivity contribution < 1.29 is 13.6 Å². The molecule has 116 valence electrons. The van der Waals surface area contributed by atoms with Gasteiger partial charge in [-0.05, 0) is 38.0 Å². The average Bonchev–Trinajstić information content (AvgIpc) is 3.14. The van der Waals surface area contributed by atoms with E-state index in [1.165, 1.54) is 4.68 Å². The van der Waals surface area contributed by atoms with Crippen LogP contribution in [0.3, 0.4) is 0 Å². The highest BCUT2D eigenvalue weighted by atomic mass is 19.1. The second kappa shape index (κ2) is 5.08. The van der Waals surface area contributed by atoms with E-state index < -0.39 is 17.2 Å². The van der Waals surface area contributed by atoms with Crippen molar-refractivity contribution in [2.24, 2.45) is 0 Å². The van der Waals surface area contributed by atoms with E-state index in [1.54, 1.807) is 13.0 Å². The second-order valence-electron chi connectivity index (χ2n) is 5.62. The number of aryl methyl sites for hydroxylation is 1. The number of aromatic nitrogens is 2. The molecule has 3 N–H and O–H groups in total. The van der Waals surface area contributed by atoms with Crippen molar-refractivity contribution in [2.45, 2.75) is 31.8 Å². The Kier molecular flexibility index (Phi) is 3.35. The lowest BCUT2D eigenvalue weighted by Gasteiger charge is -2.19. The molecule has 1 aliphatic carbocycles. The van der Waals surface area contributed by atoms with E-state index in [-0.39, 0.29) is 18.0 Å². The summed E-state index contributed by atoms with van der Waals surface area (Å²) in [5.74, 6) is -0.997. The van der Waals surface area contributed by atoms with Crippen LogP contribution in [0.1, 0.15) is 24.1 Å². The largest absolute Gasteiger partial charge is 0.384 e. The van der Waals surface area contributed by atoms with Crippen LogP contribution in [0.25, 0.3) is 0 Å². The number of halogens is 2. The molecule has 0 aliphatic heterocycles. The molecular formula is C15H16F2N4O. The Morgan fingerprint density at radius 2 is 2.14 bits per heavy atom. The number of nitrogens with one attached hydrogen (secondary N) is 1. The Labute approximate surface area is 126 Å². The Bertz CT molecular complexity index is 737. The van der Waals surface area contributed by atoms with Crippen molar-refractivity contribution in [3.63, 3.8) is 0 Å². The maximum atomic E-state index is 13.9. The SMILES string of the molecule is Cc1cc(N)n(CC(=O)NC2(c3cc(F)ccc3F)CC2)n1. The highest BCUT2D eigenvalue weighted by molar-refractivity contribution is 5.77. The van der Waals surface area contributed by atoms with Crippen molar-refractivity contribution in [3.05, 3.63) is 47.2 Å². The summed E-state index contributed by atoms with van der Waals surface area (Å²) in [4.78, 5) is 12.2. The number of hydrogen-bond donors (Lipinski definition) is 2. The van der Waals surface area contributed by atoms with Gasteiger partial charge in [0.25, 0.3) is 0 Å². The van der Waals surface area contributed by atoms with Crippen LogP contribution in [-0.4, -0.2) is 15.7 Å². The molecule has 1 aromatic heterocycles. The summed E-state index contributed by atoms with van der Waals surface area (Å²) in [5, 5.41) is 6.88. The first kappa shape index (κ1) is 14.5. The van der Waals surface area contributed by atoms with E-state index in [1.807, 2.05) is 0 Å². The summed E-state index contributed by atoms with van der Waals surface area (Å²) < 4.78 is 28.6. The fourth-order valence-corrected chi connectivity index (χ4v) is 2.59. The molecule has 3 rings (SSSR count). The summed E-state index contributed by atoms with van der Waals surface area (Å²) in [6.45, 7) is 1.72. The van der Waals surface area contributed by atoms with Gasteiger partial charge in [0, 0.05) is 11.6 Å². The van der Waals surface area contributed by atoms with Gasteiger partial charge < -0.3 is 11.1 Å². The number of amides is 1. The molecule has 0 spiro atoms. The number of nitrogens with zero attached hydrogens (tertiary/aromatic N) is 2. The smallest absolute Gasteiger partial charge is 0.242 e. The fourth-order valence-electron chi connectivity index (χ4n) is 2.59. The molecule has 0 radical (unpaired) electrons. The van der Waals surface area contributed by atoms with Gasteiger partial charge >= 0.3 is 0 Å². The number of nitrogens with two attached hydrogens (primary N) is 1. The minimum absolute atomic E-state index is 0.0572. The monoisotopic (exact) mass is 306 g/mol. The van der Waals surface area contributed by atoms with Crippen molar-refractivity contribution in [1.82, 2.24) is 15.1 Å². The van der Waals surface area contributed by atoms with Crippen LogP contribution in [0, 0.1) is 18.6 Å². The zero-order valence-corrected chi connectivity index (χ0v) is 12.1. The molecule has 0 bridgehead atoms. The van der Waals surface area contributed by atoms with Gasteiger partial charge in [-0.3, -0.25) is 4.79 Å². The molecule has 0 saturated heterocycles. The van der Waals surface area contributed by atoms with Crippen LogP contribution in [-0.2, 0) is 16.9 Å². The number of hydrogen-bond acceptors (Lipinski definition) is 3. The van der Waals surface area contributed by atoms with Crippen molar-refractivity contribution in [3.8, 4) is 0 Å². The van der Waals surface area contributed by atoms with E-state index in [9.17, 15) is 13.6 Å². The molecule has 5 nitrogen and oxygen atoms in total. The summed E-state index contributed by atoms with van der Waals surface area (Å²) >= 11 is 0. The first-order chi connectivity index (χ1) is 10.4. The maximum absolute atomic E-state index is 13.9. The summed E-state index contributed by atoms with van der Waals surface area (Å²) in [5.41, 5.74) is 5.81. The number of carbonyl (C=O) groups excluding carboxylic acids is 1. The highest BCUT2D eigenvalue weighted by Crippen LogP contribution is 2.46. The normalized spacial score (nSPS) is 15.6. The molecule has 22 heavy (non-hydrogen) atoms. The maximum Gasteiger partial charge on any atom is 0.242 e. The Hall–Kier alpha value is -2.44. The van der Waals surface area contributed by atoms with E-state index in [4.69, 9.17) is 5.73 Å². The quantitative estimate of drug-likeness (QED) is 0.905. The van der Waals surface area contributed by atoms with Crippen LogP contribution >= 0.6 is 0 Å². The van der Waals surface area contributed by atoms with Crippen LogP contribution in [0.5, 0.6) is 0 Å². The van der Waals surface area contributed by atoms with Crippen LogP contribution in [0.2, 0.25) is 0 Å². The predicted molar refractivity (Wildman–Crippen MR) is 76.8 cm³/mol. The Morgan fingerprint density at radius 3 is 2.73 bits per heavy atom. The molecule has 7 heteroatoms. The highest BCUT2D eigenvalue weighted by Gasteiger charge is 2.47. The third-order valence-electron chi connectivity index (χ3n) is 3.80. The number of anilines is 1. The number of benzene rings is 1. The lowest BCUT2D eigenvalue weighted by atomic mass is 10.0. The van der Waals surface area contributed by atoms with Crippen LogP contribution < -0.4 is 11.1 Å². The van der Waals surface area contributed by atoms with E-state index >= 15 is 0 Å². The Balaban J connectivity index is 1.76. The molecule has 1 heterocycles. The van der Waals surface area contributed by atoms with Crippen molar-refractivity contribution >= 4 is 11.7 Å². The van der Waals surface area contributed by atoms with Gasteiger partial charge in [0.2, 0.25) is 5.91 Å². The second-order valence-corrected chi connectivity index (χ2v) is 5.62. The minimum Gasteiger partial charge on any atom is -0.384 e. The summed E-state index contributed by atoms with van der Waals surface area (Å²) in [6, 6.07) is 4.93. The molecule has 1 aliphatic rings. The third-order valence-corrected chi connectivity index (χ3v) is 3.80. The molecule has 0 atom stereocenters. The third kappa shape index (κ3) is 2.66. The molecular weight excluding hydrogens is 290 g/mol. The van der Waals surface area contributed by atoms with Crippen LogP contribution in [0.4, 0.5) is 14.6 Å². The molecule has 1 saturated carbocycles. The lowest BCUT2D eigenvalue weighted by molar-refractivity contribution is -0.122. The Morgan fingerprint density at radius 1 is 1.41 bits per heavy atom. The summed E-state index contributed by atoms with van der Waals surface area (Å²) in [6.07, 6.45) is 1.15. The number of nitrogen functional groups attached to an aromatic ring is 1. The van der Waals surface area contributed by atoms with Crippen molar-refractivity contribution in [1.29, 1.82) is 0 Å². The van der Waals surface area contributed by atoms with Crippen molar-refractivity contribution in [2.75, 3.05) is 5.73 Å². The van der Waals surface area contributed by atoms with E-state index in [0.717, 1.165) is 18.2 Å². The van der Waals surface area contributed by atoms with Gasteiger partial charge in [-0.25, -0.2) is 13.5 Å². The van der Waals surface area contributed by atoms with Gasteiger partial charge in [-0.2, -0.15) is 5.10 Å². The van der Waals surface area contributed by atoms with Gasteiger partial charge in [0.1, 0.15) is 24.0 Å². The zero-order valence-electron chi connectivity index (χ0n) is 12.1. The molecule has 2 aromatic rings. The van der Waals surface area contributed by atoms with Gasteiger partial charge in [0.05, 0.1) is 11.2 Å². The van der Waals surface area contributed by atoms with Gasteiger partial charge in [0.15, 0.2) is 0 Å². The van der Waals surface area contributed by atoms with E-state index in [0.29, 0.717) is 24.4 Å². The van der Waals surface area contributed by atoms with Crippen LogP contribution in [0.15, 0.2) is 24.3 Å². The first-order valence-electron chi connectivity index (χ1n) is 6.96. The molecule has 1 amide bonds. The number of rotatable bonds is 4. The molecule has 0 unspecified atom stereocenters. The van der Waals surface area contributed by atoms with Gasteiger partial charge in [-0.1, -0.05) is 0 Å². The van der Waals surface area contributed by atoms with E-state index in [2.05, 4.69) is 10.4 Å².